The molecule has 118 valence electrons. The van der Waals surface area contributed by atoms with E-state index in [1.165, 1.54) is 0 Å². The fraction of sp³-hybridized carbons (Fsp3) is 0.529. The van der Waals surface area contributed by atoms with Crippen molar-refractivity contribution in [3.8, 4) is 0 Å². The third-order valence-corrected chi connectivity index (χ3v) is 4.17. The van der Waals surface area contributed by atoms with E-state index in [0.717, 1.165) is 28.9 Å². The summed E-state index contributed by atoms with van der Waals surface area (Å²) >= 11 is 0. The molecule has 0 bridgehead atoms. The maximum Gasteiger partial charge on any atom is 0.248 e. The normalized spacial score (nSPS) is 21.3. The number of benzene rings is 1. The van der Waals surface area contributed by atoms with E-state index < -0.39 is 0 Å². The van der Waals surface area contributed by atoms with Crippen LogP contribution in [0.15, 0.2) is 23.2 Å². The molecule has 0 spiro atoms. The third kappa shape index (κ3) is 3.20. The van der Waals surface area contributed by atoms with Crippen molar-refractivity contribution in [1.29, 1.82) is 0 Å². The van der Waals surface area contributed by atoms with Crippen molar-refractivity contribution in [2.45, 2.75) is 26.4 Å². The van der Waals surface area contributed by atoms with E-state index in [1.54, 1.807) is 0 Å². The van der Waals surface area contributed by atoms with Gasteiger partial charge in [0.05, 0.1) is 25.0 Å². The SMILES string of the molecule is CC1=Nc2c(C)cccc2C(OCC(=O)N2CCOCC2)C1. The number of carbonyl (C=O) groups excluding carboxylic acids is 1. The Kier molecular flexibility index (Phi) is 4.55. The second-order valence-corrected chi connectivity index (χ2v) is 5.86. The fourth-order valence-electron chi connectivity index (χ4n) is 2.93. The largest absolute Gasteiger partial charge is 0.378 e. The minimum absolute atomic E-state index is 0.0395. The molecule has 5 nitrogen and oxygen atoms in total. The van der Waals surface area contributed by atoms with Crippen LogP contribution in [0.5, 0.6) is 0 Å². The van der Waals surface area contributed by atoms with Crippen molar-refractivity contribution in [1.82, 2.24) is 4.90 Å². The van der Waals surface area contributed by atoms with E-state index in [1.807, 2.05) is 24.0 Å². The maximum atomic E-state index is 12.2. The van der Waals surface area contributed by atoms with Gasteiger partial charge in [0.2, 0.25) is 5.91 Å². The van der Waals surface area contributed by atoms with Crippen molar-refractivity contribution in [3.63, 3.8) is 0 Å². The molecule has 1 atom stereocenters. The molecule has 3 rings (SSSR count). The van der Waals surface area contributed by atoms with Crippen LogP contribution in [0, 0.1) is 6.92 Å². The summed E-state index contributed by atoms with van der Waals surface area (Å²) in [6.45, 7) is 6.72. The van der Waals surface area contributed by atoms with E-state index in [4.69, 9.17) is 9.47 Å². The van der Waals surface area contributed by atoms with Gasteiger partial charge in [-0.2, -0.15) is 0 Å². The molecule has 1 aromatic rings. The summed E-state index contributed by atoms with van der Waals surface area (Å²) < 4.78 is 11.2. The zero-order valence-electron chi connectivity index (χ0n) is 13.2. The van der Waals surface area contributed by atoms with Crippen LogP contribution >= 0.6 is 0 Å². The molecule has 22 heavy (non-hydrogen) atoms. The van der Waals surface area contributed by atoms with Crippen molar-refractivity contribution < 1.29 is 14.3 Å². The van der Waals surface area contributed by atoms with E-state index >= 15 is 0 Å². The molecule has 1 saturated heterocycles. The number of morpholine rings is 1. The van der Waals surface area contributed by atoms with Crippen LogP contribution in [0.1, 0.15) is 30.6 Å². The zero-order valence-corrected chi connectivity index (χ0v) is 13.2. The van der Waals surface area contributed by atoms with Gasteiger partial charge >= 0.3 is 0 Å². The van der Waals surface area contributed by atoms with E-state index in [0.29, 0.717) is 26.3 Å². The van der Waals surface area contributed by atoms with Crippen molar-refractivity contribution in [2.24, 2.45) is 4.99 Å². The highest BCUT2D eigenvalue weighted by Crippen LogP contribution is 2.37. The summed E-state index contributed by atoms with van der Waals surface area (Å²) in [6, 6.07) is 6.11. The van der Waals surface area contributed by atoms with Crippen LogP contribution < -0.4 is 0 Å². The topological polar surface area (TPSA) is 51.1 Å². The Hall–Kier alpha value is -1.72. The van der Waals surface area contributed by atoms with Gasteiger partial charge in [-0.3, -0.25) is 9.79 Å². The van der Waals surface area contributed by atoms with Gasteiger partial charge < -0.3 is 14.4 Å². The number of rotatable bonds is 3. The number of carbonyl (C=O) groups is 1. The lowest BCUT2D eigenvalue weighted by Crippen LogP contribution is -2.42. The maximum absolute atomic E-state index is 12.2. The number of para-hydroxylation sites is 1. The molecule has 0 N–H and O–H groups in total. The molecule has 1 amide bonds. The highest BCUT2D eigenvalue weighted by atomic mass is 16.5. The molecule has 0 saturated carbocycles. The number of nitrogens with zero attached hydrogens (tertiary/aromatic N) is 2. The number of fused-ring (bicyclic) bond motifs is 1. The zero-order chi connectivity index (χ0) is 15.5. The van der Waals surface area contributed by atoms with Crippen LogP contribution in [0.4, 0.5) is 5.69 Å². The van der Waals surface area contributed by atoms with Gasteiger partial charge in [-0.15, -0.1) is 0 Å². The third-order valence-electron chi connectivity index (χ3n) is 4.17. The Morgan fingerprint density at radius 2 is 2.14 bits per heavy atom. The number of ether oxygens (including phenoxy) is 2. The molecular formula is C17H22N2O3. The molecule has 0 aromatic heterocycles. The second-order valence-electron chi connectivity index (χ2n) is 5.86. The Morgan fingerprint density at radius 1 is 1.36 bits per heavy atom. The predicted octanol–water partition coefficient (Wildman–Crippen LogP) is 2.41. The molecule has 1 aromatic carbocycles. The fourth-order valence-corrected chi connectivity index (χ4v) is 2.93. The first-order chi connectivity index (χ1) is 10.6. The lowest BCUT2D eigenvalue weighted by Gasteiger charge is -2.29. The molecule has 2 heterocycles. The van der Waals surface area contributed by atoms with Crippen LogP contribution in [0.25, 0.3) is 0 Å². The highest BCUT2D eigenvalue weighted by Gasteiger charge is 2.25. The van der Waals surface area contributed by atoms with E-state index in [-0.39, 0.29) is 18.6 Å². The van der Waals surface area contributed by atoms with Gasteiger partial charge in [-0.25, -0.2) is 0 Å². The monoisotopic (exact) mass is 302 g/mol. The van der Waals surface area contributed by atoms with Crippen LogP contribution in [-0.4, -0.2) is 49.4 Å². The predicted molar refractivity (Wildman–Crippen MR) is 84.7 cm³/mol. The summed E-state index contributed by atoms with van der Waals surface area (Å²) in [5.74, 6) is 0.0395. The number of aliphatic imine (C=N–C) groups is 1. The van der Waals surface area contributed by atoms with Crippen LogP contribution in [0.3, 0.4) is 0 Å². The van der Waals surface area contributed by atoms with Gasteiger partial charge in [0.25, 0.3) is 0 Å². The molecule has 1 unspecified atom stereocenters. The summed E-state index contributed by atoms with van der Waals surface area (Å²) in [7, 11) is 0. The van der Waals surface area contributed by atoms with E-state index in [9.17, 15) is 4.79 Å². The molecular weight excluding hydrogens is 280 g/mol. The van der Waals surface area contributed by atoms with Gasteiger partial charge in [0, 0.05) is 30.8 Å². The lowest BCUT2D eigenvalue weighted by molar-refractivity contribution is -0.142. The second kappa shape index (κ2) is 6.58. The highest BCUT2D eigenvalue weighted by molar-refractivity contribution is 5.88. The lowest BCUT2D eigenvalue weighted by atomic mass is 9.96. The smallest absolute Gasteiger partial charge is 0.248 e. The summed E-state index contributed by atoms with van der Waals surface area (Å²) in [6.07, 6.45) is 0.657. The minimum atomic E-state index is -0.0857. The van der Waals surface area contributed by atoms with Gasteiger partial charge in [-0.1, -0.05) is 18.2 Å². The number of hydrogen-bond acceptors (Lipinski definition) is 4. The molecule has 0 radical (unpaired) electrons. The van der Waals surface area contributed by atoms with Gasteiger partial charge in [-0.05, 0) is 19.4 Å². The minimum Gasteiger partial charge on any atom is -0.378 e. The standard InChI is InChI=1S/C17H22N2O3/c1-12-4-3-5-14-15(10-13(2)18-17(12)14)22-11-16(20)19-6-8-21-9-7-19/h3-5,15H,6-11H2,1-2H3. The Morgan fingerprint density at radius 3 is 2.91 bits per heavy atom. The number of hydrogen-bond donors (Lipinski definition) is 0. The van der Waals surface area contributed by atoms with Gasteiger partial charge in [0.15, 0.2) is 0 Å². The summed E-state index contributed by atoms with van der Waals surface area (Å²) in [5.41, 5.74) is 4.27. The molecule has 1 fully saturated rings. The van der Waals surface area contributed by atoms with E-state index in [2.05, 4.69) is 18.0 Å². The molecule has 0 aliphatic carbocycles. The first-order valence-electron chi connectivity index (χ1n) is 7.76. The number of aryl methyl sites for hydroxylation is 1. The first-order valence-corrected chi connectivity index (χ1v) is 7.76. The average Bonchev–Trinajstić information content (AvgIpc) is 2.54. The molecule has 5 heteroatoms. The van der Waals surface area contributed by atoms with Crippen molar-refractivity contribution >= 4 is 17.3 Å². The van der Waals surface area contributed by atoms with Crippen LogP contribution in [-0.2, 0) is 14.3 Å². The molecule has 2 aliphatic rings. The van der Waals surface area contributed by atoms with Crippen molar-refractivity contribution in [2.75, 3.05) is 32.9 Å². The van der Waals surface area contributed by atoms with Crippen molar-refractivity contribution in [3.05, 3.63) is 29.3 Å². The number of amides is 1. The Labute approximate surface area is 130 Å². The quantitative estimate of drug-likeness (QED) is 0.861. The summed E-state index contributed by atoms with van der Waals surface area (Å²) in [4.78, 5) is 18.7. The summed E-state index contributed by atoms with van der Waals surface area (Å²) in [5, 5.41) is 0. The van der Waals surface area contributed by atoms with Crippen LogP contribution in [0.2, 0.25) is 0 Å². The van der Waals surface area contributed by atoms with Gasteiger partial charge in [0.1, 0.15) is 6.61 Å². The average molecular weight is 302 g/mol. The molecule has 2 aliphatic heterocycles. The Balaban J connectivity index is 1.67. The Bertz CT molecular complexity index is 592. The first kappa shape index (κ1) is 15.2.